The maximum Gasteiger partial charge on any atom is 0.286 e. The molecule has 0 aliphatic carbocycles. The van der Waals surface area contributed by atoms with Crippen molar-refractivity contribution >= 4 is 38.8 Å². The summed E-state index contributed by atoms with van der Waals surface area (Å²) >= 11 is 1.18. The van der Waals surface area contributed by atoms with Crippen LogP contribution < -0.4 is 5.32 Å². The minimum Gasteiger partial charge on any atom is -0.318 e. The zero-order chi connectivity index (χ0) is 14.2. The first-order valence-electron chi connectivity index (χ1n) is 6.13. The topological polar surface area (TPSA) is 85.1 Å². The highest BCUT2D eigenvalue weighted by molar-refractivity contribution is 7.18. The van der Waals surface area contributed by atoms with Crippen molar-refractivity contribution in [3.05, 3.63) is 47.9 Å². The summed E-state index contributed by atoms with van der Waals surface area (Å²) in [5.41, 5.74) is 1.40. The van der Waals surface area contributed by atoms with Crippen molar-refractivity contribution in [1.82, 2.24) is 24.8 Å². The van der Waals surface area contributed by atoms with Gasteiger partial charge in [0.2, 0.25) is 9.97 Å². The Labute approximate surface area is 122 Å². The van der Waals surface area contributed by atoms with Crippen molar-refractivity contribution in [2.24, 2.45) is 0 Å². The summed E-state index contributed by atoms with van der Waals surface area (Å²) in [7, 11) is 0. The second-order valence-electron chi connectivity index (χ2n) is 4.30. The van der Waals surface area contributed by atoms with Gasteiger partial charge in [0.05, 0.1) is 11.2 Å². The average Bonchev–Trinajstić information content (AvgIpc) is 3.09. The highest BCUT2D eigenvalue weighted by atomic mass is 32.1. The molecule has 102 valence electrons. The van der Waals surface area contributed by atoms with Gasteiger partial charge in [-0.3, -0.25) is 9.78 Å². The van der Waals surface area contributed by atoms with Gasteiger partial charge in [0.1, 0.15) is 6.33 Å². The molecular weight excluding hydrogens is 288 g/mol. The molecule has 3 heterocycles. The van der Waals surface area contributed by atoms with Gasteiger partial charge >= 0.3 is 0 Å². The monoisotopic (exact) mass is 296 g/mol. The summed E-state index contributed by atoms with van der Waals surface area (Å²) in [6.45, 7) is 0. The quantitative estimate of drug-likeness (QED) is 0.611. The molecule has 0 unspecified atom stereocenters. The van der Waals surface area contributed by atoms with Crippen LogP contribution in [0.4, 0.5) is 5.69 Å². The normalized spacial score (nSPS) is 11.0. The average molecular weight is 296 g/mol. The smallest absolute Gasteiger partial charge is 0.286 e. The van der Waals surface area contributed by atoms with E-state index in [9.17, 15) is 4.79 Å². The molecule has 4 aromatic rings. The first-order chi connectivity index (χ1) is 10.3. The maximum atomic E-state index is 12.3. The summed E-state index contributed by atoms with van der Waals surface area (Å²) < 4.78 is 1.47. The van der Waals surface area contributed by atoms with Crippen molar-refractivity contribution < 1.29 is 4.79 Å². The van der Waals surface area contributed by atoms with E-state index in [1.807, 2.05) is 30.3 Å². The Morgan fingerprint density at radius 2 is 2.14 bits per heavy atom. The summed E-state index contributed by atoms with van der Waals surface area (Å²) in [6.07, 6.45) is 3.16. The lowest BCUT2D eigenvalue weighted by atomic mass is 10.2. The number of nitrogens with zero attached hydrogens (tertiary/aromatic N) is 5. The van der Waals surface area contributed by atoms with E-state index < -0.39 is 0 Å². The largest absolute Gasteiger partial charge is 0.318 e. The molecule has 4 rings (SSSR count). The predicted octanol–water partition coefficient (Wildman–Crippen LogP) is 1.99. The van der Waals surface area contributed by atoms with Gasteiger partial charge in [0, 0.05) is 11.6 Å². The molecule has 0 aliphatic heterocycles. The van der Waals surface area contributed by atoms with Crippen molar-refractivity contribution in [2.75, 3.05) is 5.32 Å². The van der Waals surface area contributed by atoms with E-state index in [1.165, 1.54) is 22.2 Å². The van der Waals surface area contributed by atoms with Crippen molar-refractivity contribution in [3.63, 3.8) is 0 Å². The molecule has 0 spiro atoms. The number of pyridine rings is 1. The van der Waals surface area contributed by atoms with Gasteiger partial charge in [-0.2, -0.15) is 4.52 Å². The molecule has 3 aromatic heterocycles. The van der Waals surface area contributed by atoms with Gasteiger partial charge in [-0.15, -0.1) is 15.3 Å². The van der Waals surface area contributed by atoms with E-state index in [0.29, 0.717) is 15.7 Å². The molecular formula is C13H8N6OS. The summed E-state index contributed by atoms with van der Waals surface area (Å²) in [5.74, 6) is -0.288. The summed E-state index contributed by atoms with van der Waals surface area (Å²) in [5, 5.41) is 15.8. The first kappa shape index (κ1) is 11.9. The van der Waals surface area contributed by atoms with Crippen molar-refractivity contribution in [3.8, 4) is 0 Å². The van der Waals surface area contributed by atoms with Gasteiger partial charge in [0.15, 0.2) is 0 Å². The Balaban J connectivity index is 1.71. The van der Waals surface area contributed by atoms with Crippen molar-refractivity contribution in [2.45, 2.75) is 0 Å². The molecule has 0 atom stereocenters. The predicted molar refractivity (Wildman–Crippen MR) is 78.4 cm³/mol. The molecule has 0 fully saturated rings. The van der Waals surface area contributed by atoms with E-state index in [0.717, 1.165) is 10.9 Å². The standard InChI is InChI=1S/C13H8N6OS/c20-11(12-18-19-7-15-17-13(19)21-12)16-9-5-1-3-8-4-2-6-14-10(8)9/h1-7H,(H,16,20). The Morgan fingerprint density at radius 3 is 3.05 bits per heavy atom. The Bertz CT molecular complexity index is 926. The second kappa shape index (κ2) is 4.60. The molecule has 0 saturated heterocycles. The number of hydrogen-bond donors (Lipinski definition) is 1. The molecule has 1 aromatic carbocycles. The minimum absolute atomic E-state index is 0.288. The van der Waals surface area contributed by atoms with Crippen LogP contribution in [-0.4, -0.2) is 30.7 Å². The highest BCUT2D eigenvalue weighted by Crippen LogP contribution is 2.22. The third kappa shape index (κ3) is 2.01. The number of anilines is 1. The van der Waals surface area contributed by atoms with Crippen LogP contribution >= 0.6 is 11.3 Å². The SMILES string of the molecule is O=C(Nc1cccc2cccnc12)c1nn2cnnc2s1. The molecule has 7 nitrogen and oxygen atoms in total. The molecule has 0 aliphatic rings. The number of amides is 1. The summed E-state index contributed by atoms with van der Waals surface area (Å²) in [4.78, 5) is 17.2. The highest BCUT2D eigenvalue weighted by Gasteiger charge is 2.15. The summed E-state index contributed by atoms with van der Waals surface area (Å²) in [6, 6.07) is 9.44. The number of hydrogen-bond acceptors (Lipinski definition) is 6. The van der Waals surface area contributed by atoms with Crippen LogP contribution in [0.1, 0.15) is 9.80 Å². The van der Waals surface area contributed by atoms with Crippen LogP contribution in [0.3, 0.4) is 0 Å². The molecule has 0 saturated carbocycles. The molecule has 1 N–H and O–H groups in total. The lowest BCUT2D eigenvalue weighted by molar-refractivity contribution is 0.102. The van der Waals surface area contributed by atoms with Crippen LogP contribution in [0, 0.1) is 0 Å². The van der Waals surface area contributed by atoms with Gasteiger partial charge in [-0.1, -0.05) is 29.5 Å². The molecule has 0 bridgehead atoms. The maximum absolute atomic E-state index is 12.3. The fraction of sp³-hybridized carbons (Fsp3) is 0. The fourth-order valence-electron chi connectivity index (χ4n) is 2.03. The van der Waals surface area contributed by atoms with E-state index in [2.05, 4.69) is 25.6 Å². The van der Waals surface area contributed by atoms with Crippen LogP contribution in [-0.2, 0) is 0 Å². The Hall–Kier alpha value is -2.87. The molecule has 8 heteroatoms. The van der Waals surface area contributed by atoms with Crippen molar-refractivity contribution in [1.29, 1.82) is 0 Å². The number of nitrogens with one attached hydrogen (secondary N) is 1. The Kier molecular flexibility index (Phi) is 2.61. The number of carbonyl (C=O) groups excluding carboxylic acids is 1. The molecule has 0 radical (unpaired) electrons. The number of fused-ring (bicyclic) bond motifs is 2. The lowest BCUT2D eigenvalue weighted by Crippen LogP contribution is -2.12. The van der Waals surface area contributed by atoms with E-state index >= 15 is 0 Å². The zero-order valence-corrected chi connectivity index (χ0v) is 11.4. The van der Waals surface area contributed by atoms with Gasteiger partial charge in [0.25, 0.3) is 5.91 Å². The lowest BCUT2D eigenvalue weighted by Gasteiger charge is -2.05. The van der Waals surface area contributed by atoms with Gasteiger partial charge in [-0.05, 0) is 12.1 Å². The number of rotatable bonds is 2. The van der Waals surface area contributed by atoms with Crippen LogP contribution in [0.15, 0.2) is 42.9 Å². The number of benzene rings is 1. The first-order valence-corrected chi connectivity index (χ1v) is 6.95. The number of carbonyl (C=O) groups is 1. The second-order valence-corrected chi connectivity index (χ2v) is 5.26. The van der Waals surface area contributed by atoms with E-state index in [-0.39, 0.29) is 5.91 Å². The van der Waals surface area contributed by atoms with E-state index in [4.69, 9.17) is 0 Å². The van der Waals surface area contributed by atoms with Crippen LogP contribution in [0.2, 0.25) is 0 Å². The van der Waals surface area contributed by atoms with Crippen LogP contribution in [0.5, 0.6) is 0 Å². The fourth-order valence-corrected chi connectivity index (χ4v) is 2.75. The third-order valence-electron chi connectivity index (χ3n) is 2.96. The zero-order valence-electron chi connectivity index (χ0n) is 10.6. The number of aromatic nitrogens is 5. The van der Waals surface area contributed by atoms with E-state index in [1.54, 1.807) is 6.20 Å². The molecule has 1 amide bonds. The van der Waals surface area contributed by atoms with Gasteiger partial charge in [-0.25, -0.2) is 0 Å². The third-order valence-corrected chi connectivity index (χ3v) is 3.87. The number of para-hydroxylation sites is 1. The molecule has 21 heavy (non-hydrogen) atoms. The van der Waals surface area contributed by atoms with Crippen LogP contribution in [0.25, 0.3) is 15.9 Å². The minimum atomic E-state index is -0.288. The Morgan fingerprint density at radius 1 is 1.24 bits per heavy atom. The van der Waals surface area contributed by atoms with Gasteiger partial charge < -0.3 is 5.32 Å².